The Morgan fingerprint density at radius 2 is 1.42 bits per heavy atom. The molecule has 0 fully saturated rings. The van der Waals surface area contributed by atoms with Gasteiger partial charge in [-0.3, -0.25) is 0 Å². The molecule has 0 bridgehead atoms. The van der Waals surface area contributed by atoms with Crippen LogP contribution in [0.4, 0.5) is 0 Å². The lowest BCUT2D eigenvalue weighted by Gasteiger charge is -2.16. The zero-order valence-corrected chi connectivity index (χ0v) is 15.5. The lowest BCUT2D eigenvalue weighted by Crippen LogP contribution is -2.17. The molecule has 0 aromatic carbocycles. The molecule has 0 saturated carbocycles. The van der Waals surface area contributed by atoms with Crippen LogP contribution in [0.2, 0.25) is 0 Å². The molecule has 2 unspecified atom stereocenters. The summed E-state index contributed by atoms with van der Waals surface area (Å²) < 4.78 is 8.82. The Kier molecular flexibility index (Phi) is 15.7. The van der Waals surface area contributed by atoms with Gasteiger partial charge in [-0.25, -0.2) is 9.59 Å². The molecule has 0 aromatic rings. The van der Waals surface area contributed by atoms with Crippen LogP contribution in [0, 0.1) is 11.8 Å². The van der Waals surface area contributed by atoms with Gasteiger partial charge < -0.3 is 24.8 Å². The lowest BCUT2D eigenvalue weighted by atomic mass is 9.95. The summed E-state index contributed by atoms with van der Waals surface area (Å²) in [6.45, 7) is -0.229. The van der Waals surface area contributed by atoms with E-state index >= 15 is 0 Å². The van der Waals surface area contributed by atoms with Gasteiger partial charge in [-0.2, -0.15) is 0 Å². The summed E-state index contributed by atoms with van der Waals surface area (Å²) in [4.78, 5) is 20.3. The SMILES string of the molecule is COC(=O)CO.O=C(CO)OCC1CC=CCC1.OCC1CC=CCC1. The minimum atomic E-state index is -0.602. The van der Waals surface area contributed by atoms with E-state index in [0.29, 0.717) is 25.0 Å². The molecule has 2 aliphatic carbocycles. The number of ether oxygens (including phenoxy) is 2. The molecule has 0 spiro atoms. The van der Waals surface area contributed by atoms with Gasteiger partial charge in [0, 0.05) is 6.61 Å². The number of rotatable bonds is 5. The van der Waals surface area contributed by atoms with Gasteiger partial charge in [-0.1, -0.05) is 24.3 Å². The monoisotopic (exact) mass is 372 g/mol. The summed E-state index contributed by atoms with van der Waals surface area (Å²) in [6.07, 6.45) is 15.1. The number of carbonyl (C=O) groups is 2. The minimum Gasteiger partial charge on any atom is -0.467 e. The molecular weight excluding hydrogens is 340 g/mol. The molecule has 26 heavy (non-hydrogen) atoms. The normalized spacial score (nSPS) is 20.8. The molecular formula is C19H32O7. The number of esters is 2. The number of carbonyl (C=O) groups excluding carboxylic acids is 2. The quantitative estimate of drug-likeness (QED) is 0.493. The average molecular weight is 372 g/mol. The van der Waals surface area contributed by atoms with Crippen LogP contribution in [0.15, 0.2) is 24.3 Å². The van der Waals surface area contributed by atoms with E-state index in [0.717, 1.165) is 32.1 Å². The molecule has 150 valence electrons. The summed E-state index contributed by atoms with van der Waals surface area (Å²) >= 11 is 0. The van der Waals surface area contributed by atoms with Gasteiger partial charge in [0.25, 0.3) is 0 Å². The van der Waals surface area contributed by atoms with E-state index in [4.69, 9.17) is 20.1 Å². The summed E-state index contributed by atoms with van der Waals surface area (Å²) in [5.74, 6) is -0.120. The van der Waals surface area contributed by atoms with Gasteiger partial charge in [0.1, 0.15) is 13.2 Å². The van der Waals surface area contributed by atoms with Crippen molar-refractivity contribution in [3.05, 3.63) is 24.3 Å². The van der Waals surface area contributed by atoms with Crippen LogP contribution in [-0.4, -0.2) is 60.8 Å². The second kappa shape index (κ2) is 16.8. The Hall–Kier alpha value is -1.70. The maximum Gasteiger partial charge on any atom is 0.331 e. The Bertz CT molecular complexity index is 426. The predicted octanol–water partition coefficient (Wildman–Crippen LogP) is 1.36. The number of allylic oxidation sites excluding steroid dienone is 4. The smallest absolute Gasteiger partial charge is 0.331 e. The van der Waals surface area contributed by atoms with Crippen LogP contribution in [0.25, 0.3) is 0 Å². The minimum absolute atomic E-state index is 0.365. The fraction of sp³-hybridized carbons (Fsp3) is 0.684. The molecule has 0 aromatic heterocycles. The van der Waals surface area contributed by atoms with Crippen LogP contribution in [0.3, 0.4) is 0 Å². The van der Waals surface area contributed by atoms with Gasteiger partial charge in [0.15, 0.2) is 0 Å². The van der Waals surface area contributed by atoms with E-state index in [1.165, 1.54) is 13.5 Å². The Morgan fingerprint density at radius 3 is 1.73 bits per heavy atom. The van der Waals surface area contributed by atoms with Crippen LogP contribution in [0.5, 0.6) is 0 Å². The maximum atomic E-state index is 10.6. The van der Waals surface area contributed by atoms with Crippen molar-refractivity contribution in [3.8, 4) is 0 Å². The van der Waals surface area contributed by atoms with Gasteiger partial charge >= 0.3 is 11.9 Å². The third-order valence-corrected chi connectivity index (χ3v) is 3.98. The van der Waals surface area contributed by atoms with Crippen LogP contribution in [-0.2, 0) is 19.1 Å². The molecule has 0 radical (unpaired) electrons. The van der Waals surface area contributed by atoms with E-state index in [9.17, 15) is 9.59 Å². The third kappa shape index (κ3) is 13.6. The molecule has 3 N–H and O–H groups in total. The molecule has 2 aliphatic rings. The zero-order chi connectivity index (χ0) is 19.6. The first-order valence-corrected chi connectivity index (χ1v) is 8.92. The molecule has 7 heteroatoms. The predicted molar refractivity (Wildman–Crippen MR) is 97.2 cm³/mol. The first-order chi connectivity index (χ1) is 12.6. The topological polar surface area (TPSA) is 113 Å². The summed E-state index contributed by atoms with van der Waals surface area (Å²) in [5.41, 5.74) is 0. The van der Waals surface area contributed by atoms with E-state index in [1.807, 2.05) is 0 Å². The standard InChI is InChI=1S/C9H14O3.C7H12O.C3H6O3/c10-6-9(11)12-7-8-4-2-1-3-5-8;8-6-7-4-2-1-3-5-7;1-6-3(5)2-4/h1-2,8,10H,3-7H2;1-2,7-8H,3-6H2;4H,2H2,1H3. The van der Waals surface area contributed by atoms with Gasteiger partial charge in [-0.05, 0) is 50.4 Å². The van der Waals surface area contributed by atoms with Crippen molar-refractivity contribution < 1.29 is 34.4 Å². The first-order valence-electron chi connectivity index (χ1n) is 8.92. The van der Waals surface area contributed by atoms with Crippen LogP contribution < -0.4 is 0 Å². The number of hydrogen-bond donors (Lipinski definition) is 3. The van der Waals surface area contributed by atoms with Crippen LogP contribution in [0.1, 0.15) is 38.5 Å². The van der Waals surface area contributed by atoms with Crippen LogP contribution >= 0.6 is 0 Å². The van der Waals surface area contributed by atoms with Gasteiger partial charge in [-0.15, -0.1) is 0 Å². The maximum absolute atomic E-state index is 10.6. The second-order valence-electron chi connectivity index (χ2n) is 6.06. The van der Waals surface area contributed by atoms with E-state index in [-0.39, 0.29) is 0 Å². The van der Waals surface area contributed by atoms with Gasteiger partial charge in [0.05, 0.1) is 13.7 Å². The Labute approximate surface area is 155 Å². The van der Waals surface area contributed by atoms with Crippen molar-refractivity contribution in [3.63, 3.8) is 0 Å². The average Bonchev–Trinajstić information content (AvgIpc) is 2.73. The number of hydrogen-bond acceptors (Lipinski definition) is 7. The highest BCUT2D eigenvalue weighted by Crippen LogP contribution is 2.18. The van der Waals surface area contributed by atoms with Crippen molar-refractivity contribution in [1.82, 2.24) is 0 Å². The second-order valence-corrected chi connectivity index (χ2v) is 6.06. The van der Waals surface area contributed by atoms with Crippen molar-refractivity contribution in [2.75, 3.05) is 33.5 Å². The summed E-state index contributed by atoms with van der Waals surface area (Å²) in [6, 6.07) is 0. The molecule has 7 nitrogen and oxygen atoms in total. The number of aliphatic hydroxyl groups excluding tert-OH is 3. The molecule has 0 saturated heterocycles. The van der Waals surface area contributed by atoms with Gasteiger partial charge in [0.2, 0.25) is 0 Å². The van der Waals surface area contributed by atoms with Crippen molar-refractivity contribution in [1.29, 1.82) is 0 Å². The number of aliphatic hydroxyl groups is 3. The third-order valence-electron chi connectivity index (χ3n) is 3.98. The molecule has 2 rings (SSSR count). The van der Waals surface area contributed by atoms with Crippen molar-refractivity contribution in [2.24, 2.45) is 11.8 Å². The van der Waals surface area contributed by atoms with Crippen molar-refractivity contribution in [2.45, 2.75) is 38.5 Å². The highest BCUT2D eigenvalue weighted by Gasteiger charge is 2.11. The zero-order valence-electron chi connectivity index (χ0n) is 15.5. The Morgan fingerprint density at radius 1 is 0.885 bits per heavy atom. The molecule has 0 heterocycles. The summed E-state index contributed by atoms with van der Waals surface area (Å²) in [5, 5.41) is 24.9. The highest BCUT2D eigenvalue weighted by atomic mass is 16.5. The van der Waals surface area contributed by atoms with Crippen molar-refractivity contribution >= 4 is 11.9 Å². The van der Waals surface area contributed by atoms with E-state index in [1.54, 1.807) is 0 Å². The highest BCUT2D eigenvalue weighted by molar-refractivity contribution is 5.70. The largest absolute Gasteiger partial charge is 0.467 e. The van der Waals surface area contributed by atoms with E-state index < -0.39 is 25.2 Å². The van der Waals surface area contributed by atoms with E-state index in [2.05, 4.69) is 29.0 Å². The molecule has 2 atom stereocenters. The Balaban J connectivity index is 0.000000388. The number of methoxy groups -OCH3 is 1. The molecule has 0 amide bonds. The summed E-state index contributed by atoms with van der Waals surface area (Å²) in [7, 11) is 1.22. The fourth-order valence-electron chi connectivity index (χ4n) is 2.35. The molecule has 0 aliphatic heterocycles. The first kappa shape index (κ1) is 24.3. The lowest BCUT2D eigenvalue weighted by molar-refractivity contribution is -0.148. The fourth-order valence-corrected chi connectivity index (χ4v) is 2.35.